The van der Waals surface area contributed by atoms with Gasteiger partial charge in [0.15, 0.2) is 0 Å². The molecule has 0 amide bonds. The lowest BCUT2D eigenvalue weighted by Crippen LogP contribution is -2.43. The zero-order valence-electron chi connectivity index (χ0n) is 8.32. The van der Waals surface area contributed by atoms with E-state index in [4.69, 9.17) is 17.3 Å². The molecular formula is C10H15Cl2N3. The molecule has 2 heterocycles. The van der Waals surface area contributed by atoms with Crippen molar-refractivity contribution in [3.05, 3.63) is 29.0 Å². The Labute approximate surface area is 101 Å². The van der Waals surface area contributed by atoms with Crippen LogP contribution < -0.4 is 11.1 Å². The normalized spacial score (nSPS) is 25.7. The summed E-state index contributed by atoms with van der Waals surface area (Å²) in [5.74, 6) is 0.365. The van der Waals surface area contributed by atoms with Crippen molar-refractivity contribution in [1.29, 1.82) is 0 Å². The number of nitrogens with one attached hydrogen (secondary N) is 1. The zero-order chi connectivity index (χ0) is 9.97. The van der Waals surface area contributed by atoms with Gasteiger partial charge >= 0.3 is 0 Å². The molecule has 3 nitrogen and oxygen atoms in total. The van der Waals surface area contributed by atoms with Crippen molar-refractivity contribution < 1.29 is 0 Å². The minimum absolute atomic E-state index is 0. The molecule has 0 aromatic carbocycles. The Balaban J connectivity index is 0.00000112. The van der Waals surface area contributed by atoms with E-state index in [1.54, 1.807) is 6.20 Å². The second kappa shape index (κ2) is 5.66. The van der Waals surface area contributed by atoms with Crippen LogP contribution in [0.15, 0.2) is 18.3 Å². The number of nitrogens with two attached hydrogens (primary N) is 1. The van der Waals surface area contributed by atoms with E-state index >= 15 is 0 Å². The second-order valence-electron chi connectivity index (χ2n) is 3.68. The molecular weight excluding hydrogens is 233 g/mol. The minimum atomic E-state index is 0. The summed E-state index contributed by atoms with van der Waals surface area (Å²) in [7, 11) is 0. The third-order valence-electron chi connectivity index (χ3n) is 2.71. The lowest BCUT2D eigenvalue weighted by atomic mass is 9.88. The van der Waals surface area contributed by atoms with Gasteiger partial charge in [0.1, 0.15) is 5.15 Å². The van der Waals surface area contributed by atoms with E-state index in [1.165, 1.54) is 5.56 Å². The van der Waals surface area contributed by atoms with Gasteiger partial charge in [-0.25, -0.2) is 4.98 Å². The average Bonchev–Trinajstić information content (AvgIpc) is 2.18. The lowest BCUT2D eigenvalue weighted by molar-refractivity contribution is 0.403. The smallest absolute Gasteiger partial charge is 0.129 e. The number of pyridine rings is 1. The van der Waals surface area contributed by atoms with Crippen molar-refractivity contribution in [2.24, 2.45) is 5.73 Å². The van der Waals surface area contributed by atoms with E-state index in [9.17, 15) is 0 Å². The zero-order valence-corrected chi connectivity index (χ0v) is 9.89. The molecule has 0 spiro atoms. The molecule has 2 rings (SSSR count). The third-order valence-corrected chi connectivity index (χ3v) is 2.92. The monoisotopic (exact) mass is 247 g/mol. The Morgan fingerprint density at radius 1 is 1.53 bits per heavy atom. The molecule has 84 valence electrons. The summed E-state index contributed by atoms with van der Waals surface area (Å²) in [5, 5.41) is 3.88. The van der Waals surface area contributed by atoms with Crippen molar-refractivity contribution in [2.75, 3.05) is 13.1 Å². The van der Waals surface area contributed by atoms with Crippen LogP contribution in [0.4, 0.5) is 0 Å². The van der Waals surface area contributed by atoms with Crippen molar-refractivity contribution in [3.8, 4) is 0 Å². The first-order valence-corrected chi connectivity index (χ1v) is 5.23. The van der Waals surface area contributed by atoms with E-state index in [0.717, 1.165) is 19.5 Å². The molecule has 15 heavy (non-hydrogen) atoms. The largest absolute Gasteiger partial charge is 0.327 e. The van der Waals surface area contributed by atoms with E-state index in [0.29, 0.717) is 11.1 Å². The minimum Gasteiger partial charge on any atom is -0.327 e. The second-order valence-corrected chi connectivity index (χ2v) is 4.06. The Morgan fingerprint density at radius 3 is 3.00 bits per heavy atom. The molecule has 0 radical (unpaired) electrons. The summed E-state index contributed by atoms with van der Waals surface area (Å²) in [6, 6.07) is 4.12. The Kier molecular flexibility index (Phi) is 4.80. The number of rotatable bonds is 1. The maximum atomic E-state index is 6.06. The summed E-state index contributed by atoms with van der Waals surface area (Å²) >= 11 is 5.84. The van der Waals surface area contributed by atoms with Gasteiger partial charge in [0.05, 0.1) is 0 Å². The quantitative estimate of drug-likeness (QED) is 0.741. The molecule has 1 fully saturated rings. The van der Waals surface area contributed by atoms with Crippen molar-refractivity contribution in [1.82, 2.24) is 10.3 Å². The van der Waals surface area contributed by atoms with Crippen LogP contribution in [0.3, 0.4) is 0 Å². The third kappa shape index (κ3) is 3.05. The topological polar surface area (TPSA) is 50.9 Å². The molecule has 5 heteroatoms. The van der Waals surface area contributed by atoms with Crippen LogP contribution in [0.1, 0.15) is 17.9 Å². The van der Waals surface area contributed by atoms with E-state index in [-0.39, 0.29) is 18.4 Å². The van der Waals surface area contributed by atoms with Gasteiger partial charge in [-0.15, -0.1) is 12.4 Å². The van der Waals surface area contributed by atoms with Gasteiger partial charge in [-0.05, 0) is 30.7 Å². The predicted octanol–water partition coefficient (Wildman–Crippen LogP) is 1.56. The first-order chi connectivity index (χ1) is 6.77. The average molecular weight is 248 g/mol. The van der Waals surface area contributed by atoms with Gasteiger partial charge in [0.2, 0.25) is 0 Å². The highest BCUT2D eigenvalue weighted by molar-refractivity contribution is 6.29. The van der Waals surface area contributed by atoms with E-state index < -0.39 is 0 Å². The van der Waals surface area contributed by atoms with Gasteiger partial charge < -0.3 is 11.1 Å². The van der Waals surface area contributed by atoms with Gasteiger partial charge in [-0.2, -0.15) is 0 Å². The summed E-state index contributed by atoms with van der Waals surface area (Å²) in [5.41, 5.74) is 7.24. The molecule has 1 aliphatic rings. The number of hydrogen-bond donors (Lipinski definition) is 2. The summed E-state index contributed by atoms with van der Waals surface area (Å²) < 4.78 is 0. The summed E-state index contributed by atoms with van der Waals surface area (Å²) in [6.07, 6.45) is 2.75. The van der Waals surface area contributed by atoms with E-state index in [2.05, 4.69) is 10.3 Å². The molecule has 0 aliphatic carbocycles. The summed E-state index contributed by atoms with van der Waals surface area (Å²) in [4.78, 5) is 3.96. The first-order valence-electron chi connectivity index (χ1n) is 4.85. The Hall–Kier alpha value is -0.350. The highest BCUT2D eigenvalue weighted by atomic mass is 35.5. The number of piperidine rings is 1. The van der Waals surface area contributed by atoms with Crippen molar-refractivity contribution in [3.63, 3.8) is 0 Å². The predicted molar refractivity (Wildman–Crippen MR) is 64.7 cm³/mol. The number of hydrogen-bond acceptors (Lipinski definition) is 3. The van der Waals surface area contributed by atoms with Crippen LogP contribution in [0.5, 0.6) is 0 Å². The fraction of sp³-hybridized carbons (Fsp3) is 0.500. The van der Waals surface area contributed by atoms with Gasteiger partial charge in [-0.1, -0.05) is 11.6 Å². The van der Waals surface area contributed by atoms with Crippen LogP contribution in [-0.4, -0.2) is 24.1 Å². The standard InChI is InChI=1S/C10H14ClN3.ClH/c11-10-5-7(1-4-14-10)8-6-13-3-2-9(8)12;/h1,4-5,8-9,13H,2-3,6,12H2;1H. The SMILES string of the molecule is Cl.NC1CCNCC1c1ccnc(Cl)c1. The van der Waals surface area contributed by atoms with Gasteiger partial charge in [-0.3, -0.25) is 0 Å². The maximum absolute atomic E-state index is 6.06. The highest BCUT2D eigenvalue weighted by Gasteiger charge is 2.23. The van der Waals surface area contributed by atoms with Crippen LogP contribution >= 0.6 is 24.0 Å². The molecule has 1 aromatic rings. The van der Waals surface area contributed by atoms with Crippen LogP contribution in [0.25, 0.3) is 0 Å². The number of aromatic nitrogens is 1. The molecule has 2 unspecified atom stereocenters. The Morgan fingerprint density at radius 2 is 2.33 bits per heavy atom. The fourth-order valence-corrected chi connectivity index (χ4v) is 2.07. The maximum Gasteiger partial charge on any atom is 0.129 e. The Bertz CT molecular complexity index is 319. The molecule has 0 bridgehead atoms. The molecule has 1 saturated heterocycles. The van der Waals surface area contributed by atoms with Crippen molar-refractivity contribution in [2.45, 2.75) is 18.4 Å². The number of nitrogens with zero attached hydrogens (tertiary/aromatic N) is 1. The highest BCUT2D eigenvalue weighted by Crippen LogP contribution is 2.23. The molecule has 2 atom stereocenters. The molecule has 3 N–H and O–H groups in total. The van der Waals surface area contributed by atoms with Crippen LogP contribution in [0.2, 0.25) is 5.15 Å². The molecule has 0 saturated carbocycles. The molecule has 1 aromatic heterocycles. The van der Waals surface area contributed by atoms with Crippen molar-refractivity contribution >= 4 is 24.0 Å². The first kappa shape index (κ1) is 12.7. The summed E-state index contributed by atoms with van der Waals surface area (Å²) in [6.45, 7) is 1.94. The van der Waals surface area contributed by atoms with Crippen LogP contribution in [0, 0.1) is 0 Å². The lowest BCUT2D eigenvalue weighted by Gasteiger charge is -2.29. The van der Waals surface area contributed by atoms with Gasteiger partial charge in [0.25, 0.3) is 0 Å². The van der Waals surface area contributed by atoms with Gasteiger partial charge in [0, 0.05) is 24.7 Å². The molecule has 1 aliphatic heterocycles. The van der Waals surface area contributed by atoms with Crippen LogP contribution in [-0.2, 0) is 0 Å². The van der Waals surface area contributed by atoms with E-state index in [1.807, 2.05) is 12.1 Å². The number of halogens is 2. The fourth-order valence-electron chi connectivity index (χ4n) is 1.89.